The quantitative estimate of drug-likeness (QED) is 0.561. The van der Waals surface area contributed by atoms with Gasteiger partial charge in [-0.25, -0.2) is 9.50 Å². The predicted molar refractivity (Wildman–Crippen MR) is 95.1 cm³/mol. The Balaban J connectivity index is 1.66. The maximum Gasteiger partial charge on any atom is 0.154 e. The number of aromatic nitrogens is 4. The van der Waals surface area contributed by atoms with Crippen LogP contribution in [0, 0.1) is 0 Å². The molecule has 0 saturated heterocycles. The molecule has 0 atom stereocenters. The summed E-state index contributed by atoms with van der Waals surface area (Å²) in [4.78, 5) is 8.58. The Hall–Kier alpha value is -2.72. The molecule has 0 unspecified atom stereocenters. The number of imidazole rings is 1. The number of nitrogens with zero attached hydrogens (tertiary/aromatic N) is 4. The fourth-order valence-electron chi connectivity index (χ4n) is 2.71. The van der Waals surface area contributed by atoms with Gasteiger partial charge in [-0.05, 0) is 48.7 Å². The van der Waals surface area contributed by atoms with E-state index in [2.05, 4.69) is 16.0 Å². The van der Waals surface area contributed by atoms with E-state index in [1.165, 1.54) is 5.56 Å². The lowest BCUT2D eigenvalue weighted by Gasteiger charge is -2.05. The van der Waals surface area contributed by atoms with Crippen LogP contribution in [-0.2, 0) is 12.8 Å². The van der Waals surface area contributed by atoms with E-state index >= 15 is 0 Å². The molecule has 0 aliphatic rings. The Morgan fingerprint density at radius 2 is 1.92 bits per heavy atom. The number of aryl methyl sites for hydroxylation is 2. The number of benzene rings is 1. The van der Waals surface area contributed by atoms with E-state index in [-0.39, 0.29) is 0 Å². The average Bonchev–Trinajstić information content (AvgIpc) is 3.04. The minimum Gasteiger partial charge on any atom is -0.264 e. The van der Waals surface area contributed by atoms with Crippen molar-refractivity contribution in [3.63, 3.8) is 0 Å². The second-order valence-corrected chi connectivity index (χ2v) is 6.05. The molecule has 0 aliphatic heterocycles. The van der Waals surface area contributed by atoms with Gasteiger partial charge in [-0.1, -0.05) is 29.8 Å². The third-order valence-corrected chi connectivity index (χ3v) is 4.17. The summed E-state index contributed by atoms with van der Waals surface area (Å²) in [5.41, 5.74) is 5.01. The van der Waals surface area contributed by atoms with Crippen LogP contribution in [0.3, 0.4) is 0 Å². The van der Waals surface area contributed by atoms with E-state index in [1.807, 2.05) is 59.4 Å². The second kappa shape index (κ2) is 6.42. The molecule has 4 rings (SSSR count). The molecule has 0 spiro atoms. The molecule has 0 aliphatic carbocycles. The van der Waals surface area contributed by atoms with Gasteiger partial charge in [-0.15, -0.1) is 0 Å². The maximum absolute atomic E-state index is 6.11. The van der Waals surface area contributed by atoms with Crippen LogP contribution in [0.4, 0.5) is 0 Å². The summed E-state index contributed by atoms with van der Waals surface area (Å²) in [5, 5.41) is 5.45. The maximum atomic E-state index is 6.11. The molecule has 118 valence electrons. The number of rotatable bonds is 4. The lowest BCUT2D eigenvalue weighted by Crippen LogP contribution is -2.01. The molecule has 0 fully saturated rings. The summed E-state index contributed by atoms with van der Waals surface area (Å²) < 4.78 is 1.88. The highest BCUT2D eigenvalue weighted by Crippen LogP contribution is 2.23. The van der Waals surface area contributed by atoms with Gasteiger partial charge in [0.2, 0.25) is 0 Å². The molecule has 0 saturated carbocycles. The Kier molecular flexibility index (Phi) is 3.97. The van der Waals surface area contributed by atoms with E-state index < -0.39 is 0 Å². The highest BCUT2D eigenvalue weighted by molar-refractivity contribution is 6.30. The predicted octanol–water partition coefficient (Wildman–Crippen LogP) is 4.23. The van der Waals surface area contributed by atoms with Crippen molar-refractivity contribution in [3.8, 4) is 11.3 Å². The molecule has 0 radical (unpaired) electrons. The third-order valence-electron chi connectivity index (χ3n) is 3.93. The van der Waals surface area contributed by atoms with Crippen molar-refractivity contribution in [2.45, 2.75) is 12.8 Å². The molecule has 5 heteroatoms. The van der Waals surface area contributed by atoms with E-state index in [4.69, 9.17) is 16.7 Å². The molecule has 24 heavy (non-hydrogen) atoms. The first-order valence-corrected chi connectivity index (χ1v) is 8.16. The van der Waals surface area contributed by atoms with Crippen molar-refractivity contribution in [1.82, 2.24) is 19.6 Å². The van der Waals surface area contributed by atoms with E-state index in [0.717, 1.165) is 35.4 Å². The zero-order valence-electron chi connectivity index (χ0n) is 12.9. The number of hydrogen-bond donors (Lipinski definition) is 0. The zero-order valence-corrected chi connectivity index (χ0v) is 13.7. The Morgan fingerprint density at radius 3 is 2.75 bits per heavy atom. The van der Waals surface area contributed by atoms with Gasteiger partial charge in [0.05, 0.1) is 17.6 Å². The van der Waals surface area contributed by atoms with E-state index in [0.29, 0.717) is 5.02 Å². The zero-order chi connectivity index (χ0) is 16.4. The van der Waals surface area contributed by atoms with E-state index in [9.17, 15) is 0 Å². The van der Waals surface area contributed by atoms with Gasteiger partial charge in [-0.2, -0.15) is 5.10 Å². The van der Waals surface area contributed by atoms with Gasteiger partial charge in [-0.3, -0.25) is 4.98 Å². The number of halogens is 1. The van der Waals surface area contributed by atoms with E-state index in [1.54, 1.807) is 6.20 Å². The van der Waals surface area contributed by atoms with Gasteiger partial charge in [0, 0.05) is 23.0 Å². The fourth-order valence-corrected chi connectivity index (χ4v) is 2.90. The molecule has 0 N–H and O–H groups in total. The molecule has 3 heterocycles. The van der Waals surface area contributed by atoms with Gasteiger partial charge in [0.25, 0.3) is 0 Å². The summed E-state index contributed by atoms with van der Waals surface area (Å²) in [6.07, 6.45) is 7.28. The van der Waals surface area contributed by atoms with Crippen molar-refractivity contribution in [2.24, 2.45) is 0 Å². The summed E-state index contributed by atoms with van der Waals surface area (Å²) >= 11 is 6.11. The second-order valence-electron chi connectivity index (χ2n) is 5.61. The van der Waals surface area contributed by atoms with Crippen LogP contribution in [0.1, 0.15) is 11.3 Å². The van der Waals surface area contributed by atoms with Crippen LogP contribution in [0.25, 0.3) is 16.9 Å². The van der Waals surface area contributed by atoms with Crippen LogP contribution >= 0.6 is 11.6 Å². The van der Waals surface area contributed by atoms with Gasteiger partial charge in [0.1, 0.15) is 0 Å². The van der Waals surface area contributed by atoms with Crippen molar-refractivity contribution in [2.75, 3.05) is 0 Å². The van der Waals surface area contributed by atoms with Crippen LogP contribution in [0.15, 0.2) is 67.1 Å². The lowest BCUT2D eigenvalue weighted by atomic mass is 10.1. The normalized spacial score (nSPS) is 11.0. The molecule has 3 aromatic heterocycles. The smallest absolute Gasteiger partial charge is 0.154 e. The monoisotopic (exact) mass is 334 g/mol. The largest absolute Gasteiger partial charge is 0.264 e. The van der Waals surface area contributed by atoms with Crippen molar-refractivity contribution < 1.29 is 0 Å². The highest BCUT2D eigenvalue weighted by Gasteiger charge is 2.08. The number of fused-ring (bicyclic) bond motifs is 1. The summed E-state index contributed by atoms with van der Waals surface area (Å²) in [7, 11) is 0. The lowest BCUT2D eigenvalue weighted by molar-refractivity contribution is 0.826. The Labute approximate surface area is 144 Å². The molecular formula is C19H15ClN4. The highest BCUT2D eigenvalue weighted by atomic mass is 35.5. The number of pyridine rings is 1. The standard InChI is InChI=1S/C19H15ClN4/c20-16-5-1-4-15(11-16)18-13-22-19-9-8-17(23-24(18)19)7-6-14-3-2-10-21-12-14/h1-5,8-13H,6-7H2. The van der Waals surface area contributed by atoms with Gasteiger partial charge < -0.3 is 0 Å². The minimum atomic E-state index is 0.704. The molecule has 1 aromatic carbocycles. The Bertz CT molecular complexity index is 979. The average molecular weight is 335 g/mol. The van der Waals surface area contributed by atoms with Gasteiger partial charge in [0.15, 0.2) is 5.65 Å². The topological polar surface area (TPSA) is 43.1 Å². The molecule has 4 aromatic rings. The molecule has 0 bridgehead atoms. The molecule has 4 nitrogen and oxygen atoms in total. The van der Waals surface area contributed by atoms with Crippen molar-refractivity contribution in [3.05, 3.63) is 83.4 Å². The SMILES string of the molecule is Clc1cccc(-c2cnc3ccc(CCc4cccnc4)nn23)c1. The van der Waals surface area contributed by atoms with Gasteiger partial charge >= 0.3 is 0 Å². The van der Waals surface area contributed by atoms with Crippen LogP contribution in [-0.4, -0.2) is 19.6 Å². The number of hydrogen-bond acceptors (Lipinski definition) is 3. The summed E-state index contributed by atoms with van der Waals surface area (Å²) in [6, 6.07) is 15.8. The van der Waals surface area contributed by atoms with Crippen molar-refractivity contribution in [1.29, 1.82) is 0 Å². The summed E-state index contributed by atoms with van der Waals surface area (Å²) in [6.45, 7) is 0. The van der Waals surface area contributed by atoms with Crippen LogP contribution in [0.2, 0.25) is 5.02 Å². The molecule has 0 amide bonds. The third kappa shape index (κ3) is 3.01. The van der Waals surface area contributed by atoms with Crippen LogP contribution < -0.4 is 0 Å². The molecular weight excluding hydrogens is 320 g/mol. The van der Waals surface area contributed by atoms with Crippen LogP contribution in [0.5, 0.6) is 0 Å². The minimum absolute atomic E-state index is 0.704. The summed E-state index contributed by atoms with van der Waals surface area (Å²) in [5.74, 6) is 0. The first-order chi connectivity index (χ1) is 11.8. The fraction of sp³-hybridized carbons (Fsp3) is 0.105. The first kappa shape index (κ1) is 14.8. The van der Waals surface area contributed by atoms with Crippen molar-refractivity contribution >= 4 is 17.2 Å². The first-order valence-electron chi connectivity index (χ1n) is 7.78. The Morgan fingerprint density at radius 1 is 0.958 bits per heavy atom.